The fourth-order valence-corrected chi connectivity index (χ4v) is 5.34. The van der Waals surface area contributed by atoms with Crippen LogP contribution in [-0.2, 0) is 4.74 Å². The minimum atomic E-state index is -1.94. The summed E-state index contributed by atoms with van der Waals surface area (Å²) in [5, 5.41) is 6.48. The lowest BCUT2D eigenvalue weighted by atomic mass is 10.0. The van der Waals surface area contributed by atoms with Gasteiger partial charge in [-0.25, -0.2) is 19.2 Å². The van der Waals surface area contributed by atoms with Crippen molar-refractivity contribution in [1.82, 2.24) is 29.5 Å². The zero-order valence-electron chi connectivity index (χ0n) is 23.7. The van der Waals surface area contributed by atoms with Crippen LogP contribution in [0.1, 0.15) is 35.0 Å². The molecule has 1 fully saturated rings. The number of amides is 3. The number of benzene rings is 1. The van der Waals surface area contributed by atoms with Gasteiger partial charge in [-0.05, 0) is 43.7 Å². The molecule has 5 rings (SSSR count). The van der Waals surface area contributed by atoms with Crippen LogP contribution < -0.4 is 16.4 Å². The molecule has 0 radical (unpaired) electrons. The van der Waals surface area contributed by atoms with Crippen molar-refractivity contribution in [3.63, 3.8) is 0 Å². The van der Waals surface area contributed by atoms with Gasteiger partial charge in [-0.15, -0.1) is 0 Å². The first-order valence-corrected chi connectivity index (χ1v) is 14.1. The Labute approximate surface area is 248 Å². The minimum absolute atomic E-state index is 0.0796. The predicted octanol–water partition coefficient (Wildman–Crippen LogP) is 3.82. The van der Waals surface area contributed by atoms with E-state index in [1.165, 1.54) is 13.2 Å². The van der Waals surface area contributed by atoms with Crippen molar-refractivity contribution in [1.29, 1.82) is 0 Å². The van der Waals surface area contributed by atoms with Crippen LogP contribution in [0.4, 0.5) is 20.7 Å². The number of piperazine rings is 1. The van der Waals surface area contributed by atoms with E-state index in [-0.39, 0.29) is 24.4 Å². The first kappa shape index (κ1) is 29.5. The molecule has 1 saturated heterocycles. The van der Waals surface area contributed by atoms with E-state index in [0.717, 1.165) is 11.3 Å². The number of anilines is 2. The maximum atomic E-state index is 14.6. The third kappa shape index (κ3) is 5.96. The monoisotopic (exact) mass is 596 g/mol. The Morgan fingerprint density at radius 1 is 1.21 bits per heavy atom. The fraction of sp³-hybridized carbons (Fsp3) is 0.379. The molecule has 3 aromatic rings. The van der Waals surface area contributed by atoms with Crippen molar-refractivity contribution in [2.24, 2.45) is 5.73 Å². The van der Waals surface area contributed by atoms with Crippen molar-refractivity contribution < 1.29 is 18.7 Å². The molecule has 1 aliphatic carbocycles. The van der Waals surface area contributed by atoms with Gasteiger partial charge in [-0.2, -0.15) is 0 Å². The predicted molar refractivity (Wildman–Crippen MR) is 159 cm³/mol. The van der Waals surface area contributed by atoms with Gasteiger partial charge in [-0.3, -0.25) is 9.20 Å². The number of imidazole rings is 1. The number of halogens is 2. The Hall–Kier alpha value is -4.00. The molecule has 2 aliphatic rings. The molecule has 4 N–H and O–H groups in total. The van der Waals surface area contributed by atoms with Crippen LogP contribution in [0.15, 0.2) is 54.0 Å². The highest BCUT2D eigenvalue weighted by atomic mass is 35.5. The summed E-state index contributed by atoms with van der Waals surface area (Å²) in [5.74, 6) is -1.51. The minimum Gasteiger partial charge on any atom is -0.346 e. The summed E-state index contributed by atoms with van der Waals surface area (Å²) in [4.78, 5) is 38.1. The smallest absolute Gasteiger partial charge is 0.317 e. The molecule has 11 nitrogen and oxygen atoms in total. The van der Waals surface area contributed by atoms with Crippen LogP contribution in [-0.4, -0.2) is 87.8 Å². The van der Waals surface area contributed by atoms with Crippen LogP contribution in [0, 0.1) is 6.92 Å². The molecule has 0 bridgehead atoms. The molecule has 222 valence electrons. The van der Waals surface area contributed by atoms with Gasteiger partial charge in [0.15, 0.2) is 11.5 Å². The van der Waals surface area contributed by atoms with Gasteiger partial charge >= 0.3 is 6.03 Å². The van der Waals surface area contributed by atoms with Gasteiger partial charge in [0.2, 0.25) is 5.85 Å². The second-order valence-corrected chi connectivity index (χ2v) is 10.9. The number of carbonyl (C=O) groups is 2. The van der Waals surface area contributed by atoms with E-state index in [9.17, 15) is 14.0 Å². The summed E-state index contributed by atoms with van der Waals surface area (Å²) in [6.07, 6.45) is 7.91. The van der Waals surface area contributed by atoms with Crippen LogP contribution in [0.2, 0.25) is 0 Å². The highest BCUT2D eigenvalue weighted by Crippen LogP contribution is 2.37. The average molecular weight is 597 g/mol. The number of aromatic nitrogens is 3. The Morgan fingerprint density at radius 3 is 2.62 bits per heavy atom. The molecule has 2 atom stereocenters. The van der Waals surface area contributed by atoms with E-state index < -0.39 is 5.85 Å². The number of nitrogens with two attached hydrogens (primary N) is 1. The number of alkyl halides is 1. The quantitative estimate of drug-likeness (QED) is 0.378. The average Bonchev–Trinajstić information content (AvgIpc) is 3.42. The molecular weight excluding hydrogens is 563 g/mol. The van der Waals surface area contributed by atoms with Crippen LogP contribution in [0.3, 0.4) is 0 Å². The van der Waals surface area contributed by atoms with E-state index in [1.807, 2.05) is 30.4 Å². The van der Waals surface area contributed by atoms with Crippen molar-refractivity contribution in [3.8, 4) is 0 Å². The Bertz CT molecular complexity index is 1570. The second kappa shape index (κ2) is 12.1. The highest BCUT2D eigenvalue weighted by molar-refractivity contribution is 6.33. The maximum Gasteiger partial charge on any atom is 0.317 e. The topological polar surface area (TPSA) is 130 Å². The summed E-state index contributed by atoms with van der Waals surface area (Å²) in [6, 6.07) is 5.22. The van der Waals surface area contributed by atoms with E-state index in [4.69, 9.17) is 22.1 Å². The zero-order valence-corrected chi connectivity index (χ0v) is 24.5. The first-order chi connectivity index (χ1) is 20.1. The number of rotatable bonds is 7. The number of fused-ring (bicyclic) bond motifs is 1. The molecule has 42 heavy (non-hydrogen) atoms. The molecule has 3 heterocycles. The molecule has 1 aliphatic heterocycles. The van der Waals surface area contributed by atoms with Gasteiger partial charge in [0, 0.05) is 86.5 Å². The fourth-order valence-electron chi connectivity index (χ4n) is 5.00. The first-order valence-electron chi connectivity index (χ1n) is 13.7. The molecule has 2 aromatic heterocycles. The van der Waals surface area contributed by atoms with Gasteiger partial charge < -0.3 is 30.9 Å². The number of nitrogens with zero attached hydrogens (tertiary/aromatic N) is 5. The number of nitrogens with one attached hydrogen (secondary N) is 2. The van der Waals surface area contributed by atoms with Gasteiger partial charge in [0.1, 0.15) is 0 Å². The summed E-state index contributed by atoms with van der Waals surface area (Å²) in [6.45, 7) is 5.90. The lowest BCUT2D eigenvalue weighted by Crippen LogP contribution is -2.55. The Kier molecular flexibility index (Phi) is 8.48. The van der Waals surface area contributed by atoms with Gasteiger partial charge in [0.05, 0.1) is 11.9 Å². The SMILES string of the molecule is COC1(F)C=CC(c2cnc3c(Nc4ccc(C(=O)N5CCN(C(=O)N[C@@H](C)CN)CC5)c(C)c4)nccn23)=C(Cl)C1. The molecule has 0 saturated carbocycles. The summed E-state index contributed by atoms with van der Waals surface area (Å²) >= 11 is 6.45. The molecule has 1 aromatic carbocycles. The number of ether oxygens (including phenoxy) is 1. The Morgan fingerprint density at radius 2 is 1.95 bits per heavy atom. The number of aryl methyl sites for hydroxylation is 1. The van der Waals surface area contributed by atoms with Gasteiger partial charge in [-0.1, -0.05) is 17.7 Å². The number of allylic oxidation sites excluding steroid dienone is 2. The zero-order chi connectivity index (χ0) is 30.0. The summed E-state index contributed by atoms with van der Waals surface area (Å²) in [7, 11) is 1.30. The van der Waals surface area contributed by atoms with E-state index in [2.05, 4.69) is 20.6 Å². The van der Waals surface area contributed by atoms with Crippen LogP contribution >= 0.6 is 11.6 Å². The van der Waals surface area contributed by atoms with E-state index >= 15 is 0 Å². The molecule has 0 spiro atoms. The standard InChI is InChI=1S/C29H34ClFN8O3/c1-18-14-20(4-5-21(18)27(40)37-10-12-38(13-11-37)28(41)35-19(2)16-32)36-25-26-34-17-24(39(26)9-8-33-25)22-6-7-29(31,42-3)15-23(22)30/h4-9,14,17,19H,10-13,15-16,32H2,1-3H3,(H,33,36)(H,35,41)/t19-,29?/m0/s1. The van der Waals surface area contributed by atoms with Crippen LogP contribution in [0.5, 0.6) is 0 Å². The van der Waals surface area contributed by atoms with Crippen molar-refractivity contribution in [2.75, 3.05) is 45.2 Å². The highest BCUT2D eigenvalue weighted by Gasteiger charge is 2.32. The normalized spacial score (nSPS) is 19.8. The maximum absolute atomic E-state index is 14.6. The number of hydrogen-bond donors (Lipinski definition) is 3. The lowest BCUT2D eigenvalue weighted by molar-refractivity contribution is -0.0772. The van der Waals surface area contributed by atoms with Crippen molar-refractivity contribution in [2.45, 2.75) is 32.2 Å². The number of carbonyl (C=O) groups excluding carboxylic acids is 2. The van der Waals surface area contributed by atoms with Crippen LogP contribution in [0.25, 0.3) is 11.2 Å². The van der Waals surface area contributed by atoms with E-state index in [1.54, 1.807) is 40.5 Å². The lowest BCUT2D eigenvalue weighted by Gasteiger charge is -2.35. The molecule has 1 unspecified atom stereocenters. The third-order valence-corrected chi connectivity index (χ3v) is 7.87. The van der Waals surface area contributed by atoms with Crippen molar-refractivity contribution in [3.05, 3.63) is 70.8 Å². The summed E-state index contributed by atoms with van der Waals surface area (Å²) < 4.78 is 21.3. The molecule has 3 amide bonds. The Balaban J connectivity index is 1.28. The number of hydrogen-bond acceptors (Lipinski definition) is 7. The van der Waals surface area contributed by atoms with E-state index in [0.29, 0.717) is 66.1 Å². The van der Waals surface area contributed by atoms with Crippen molar-refractivity contribution >= 4 is 46.3 Å². The second-order valence-electron chi connectivity index (χ2n) is 10.5. The largest absolute Gasteiger partial charge is 0.346 e. The molecular formula is C29H34ClFN8O3. The summed E-state index contributed by atoms with van der Waals surface area (Å²) in [5.41, 5.74) is 9.63. The number of methoxy groups -OCH3 is 1. The third-order valence-electron chi connectivity index (χ3n) is 7.53. The number of urea groups is 1. The van der Waals surface area contributed by atoms with Gasteiger partial charge in [0.25, 0.3) is 5.91 Å². The molecule has 13 heteroatoms.